The van der Waals surface area contributed by atoms with E-state index in [1.165, 1.54) is 0 Å². The van der Waals surface area contributed by atoms with Gasteiger partial charge in [-0.25, -0.2) is 0 Å². The summed E-state index contributed by atoms with van der Waals surface area (Å²) in [6.07, 6.45) is 1.74. The molecule has 0 saturated carbocycles. The molecule has 158 valence electrons. The Morgan fingerprint density at radius 2 is 2.03 bits per heavy atom. The van der Waals surface area contributed by atoms with Crippen molar-refractivity contribution in [1.82, 2.24) is 14.8 Å². The van der Waals surface area contributed by atoms with E-state index in [1.807, 2.05) is 35.2 Å². The summed E-state index contributed by atoms with van der Waals surface area (Å²) in [7, 11) is 0. The van der Waals surface area contributed by atoms with Gasteiger partial charge in [0.1, 0.15) is 18.1 Å². The van der Waals surface area contributed by atoms with Crippen molar-refractivity contribution in [2.45, 2.75) is 0 Å². The number of anilines is 1. The van der Waals surface area contributed by atoms with Crippen LogP contribution in [0.5, 0.6) is 5.75 Å². The largest absolute Gasteiger partial charge is 0.490 e. The van der Waals surface area contributed by atoms with Gasteiger partial charge in [0.05, 0.1) is 25.4 Å². The number of ether oxygens (including phenoxy) is 1. The van der Waals surface area contributed by atoms with Crippen LogP contribution >= 0.6 is 0 Å². The predicted octanol–water partition coefficient (Wildman–Crippen LogP) is 0.807. The molecule has 2 N–H and O–H groups in total. The summed E-state index contributed by atoms with van der Waals surface area (Å²) in [6, 6.07) is 11.2. The molecule has 3 aliphatic rings. The smallest absolute Gasteiger partial charge is 0.270 e. The Labute approximate surface area is 175 Å². The molecule has 0 bridgehead atoms. The molecule has 1 aromatic carbocycles. The van der Waals surface area contributed by atoms with Crippen molar-refractivity contribution >= 4 is 17.5 Å². The van der Waals surface area contributed by atoms with Crippen molar-refractivity contribution in [3.63, 3.8) is 0 Å². The average molecular weight is 410 g/mol. The Balaban J connectivity index is 1.25. The lowest BCUT2D eigenvalue weighted by atomic mass is 9.82. The van der Waals surface area contributed by atoms with E-state index in [0.717, 1.165) is 11.4 Å². The molecule has 0 spiro atoms. The lowest BCUT2D eigenvalue weighted by Gasteiger charge is -2.31. The molecule has 30 heavy (non-hydrogen) atoms. The molecular weight excluding hydrogens is 384 g/mol. The first-order valence-electron chi connectivity index (χ1n) is 10.4. The van der Waals surface area contributed by atoms with Crippen LogP contribution in [-0.4, -0.2) is 84.2 Å². The quantitative estimate of drug-likeness (QED) is 0.779. The summed E-state index contributed by atoms with van der Waals surface area (Å²) < 4.78 is 5.65. The first-order chi connectivity index (χ1) is 14.6. The number of aliphatic hydroxyl groups excluding tert-OH is 1. The minimum absolute atomic E-state index is 0.0112. The first-order valence-corrected chi connectivity index (χ1v) is 10.4. The van der Waals surface area contributed by atoms with E-state index in [9.17, 15) is 14.7 Å². The van der Waals surface area contributed by atoms with Crippen molar-refractivity contribution in [2.75, 3.05) is 57.4 Å². The minimum Gasteiger partial charge on any atom is -0.490 e. The minimum atomic E-state index is -0.370. The van der Waals surface area contributed by atoms with Crippen LogP contribution in [-0.2, 0) is 4.79 Å². The molecule has 4 heterocycles. The van der Waals surface area contributed by atoms with Crippen molar-refractivity contribution < 1.29 is 19.4 Å². The fraction of sp³-hybridized carbons (Fsp3) is 0.455. The van der Waals surface area contributed by atoms with Crippen LogP contribution in [0.3, 0.4) is 0 Å². The van der Waals surface area contributed by atoms with Gasteiger partial charge in [0.25, 0.3) is 5.91 Å². The van der Waals surface area contributed by atoms with Crippen molar-refractivity contribution in [2.24, 2.45) is 11.3 Å². The molecular formula is C22H26N4O4. The second-order valence-corrected chi connectivity index (χ2v) is 8.52. The zero-order valence-corrected chi connectivity index (χ0v) is 16.8. The van der Waals surface area contributed by atoms with Gasteiger partial charge in [-0.2, -0.15) is 0 Å². The Bertz CT molecular complexity index is 946. The number of aromatic amines is 1. The summed E-state index contributed by atoms with van der Waals surface area (Å²) in [4.78, 5) is 34.5. The third-order valence-electron chi connectivity index (χ3n) is 6.65. The summed E-state index contributed by atoms with van der Waals surface area (Å²) in [6.45, 7) is 3.76. The first kappa shape index (κ1) is 19.1. The Morgan fingerprint density at radius 1 is 1.17 bits per heavy atom. The Kier molecular flexibility index (Phi) is 4.75. The molecule has 2 atom stereocenters. The molecule has 0 radical (unpaired) electrons. The highest BCUT2D eigenvalue weighted by Crippen LogP contribution is 2.42. The van der Waals surface area contributed by atoms with Gasteiger partial charge >= 0.3 is 0 Å². The van der Waals surface area contributed by atoms with E-state index < -0.39 is 0 Å². The molecule has 8 nitrogen and oxygen atoms in total. The molecule has 2 aromatic rings. The summed E-state index contributed by atoms with van der Waals surface area (Å²) in [5.74, 6) is 0.903. The number of hydrogen-bond acceptors (Lipinski definition) is 5. The molecule has 0 unspecified atom stereocenters. The standard InChI is InChI=1S/C22H26N4O4/c27-15-22-13-24(10-16(22)11-25(14-22)21(29)17-4-3-7-23-17)12-20(28)26-8-9-30-19-6-2-1-5-18(19)26/h1-7,16,23,27H,8-15H2/t16-,22+/m0/s1. The van der Waals surface area contributed by atoms with Crippen molar-refractivity contribution in [3.05, 3.63) is 48.3 Å². The Morgan fingerprint density at radius 3 is 2.80 bits per heavy atom. The number of nitrogens with one attached hydrogen (secondary N) is 1. The third-order valence-corrected chi connectivity index (χ3v) is 6.65. The van der Waals surface area contributed by atoms with Gasteiger partial charge < -0.3 is 24.6 Å². The SMILES string of the molecule is O=C(c1ccc[nH]1)N1C[C@@H]2CN(CC(=O)N3CCOc4ccccc43)C[C@]2(CO)C1. The zero-order chi connectivity index (χ0) is 20.7. The number of nitrogens with zero attached hydrogens (tertiary/aromatic N) is 3. The maximum atomic E-state index is 13.1. The van der Waals surface area contributed by atoms with Crippen LogP contribution in [0.1, 0.15) is 10.5 Å². The molecule has 2 amide bonds. The van der Waals surface area contributed by atoms with E-state index in [0.29, 0.717) is 51.6 Å². The second kappa shape index (κ2) is 7.45. The predicted molar refractivity (Wildman–Crippen MR) is 110 cm³/mol. The van der Waals surface area contributed by atoms with Gasteiger partial charge in [-0.15, -0.1) is 0 Å². The van der Waals surface area contributed by atoms with Crippen molar-refractivity contribution in [1.29, 1.82) is 0 Å². The van der Waals surface area contributed by atoms with E-state index in [1.54, 1.807) is 17.2 Å². The number of carbonyl (C=O) groups excluding carboxylic acids is 2. The fourth-order valence-electron chi connectivity index (χ4n) is 5.13. The summed E-state index contributed by atoms with van der Waals surface area (Å²) >= 11 is 0. The Hall–Kier alpha value is -2.84. The zero-order valence-electron chi connectivity index (χ0n) is 16.8. The van der Waals surface area contributed by atoms with E-state index in [2.05, 4.69) is 9.88 Å². The highest BCUT2D eigenvalue weighted by atomic mass is 16.5. The number of carbonyl (C=O) groups is 2. The van der Waals surface area contributed by atoms with Crippen LogP contribution in [0.2, 0.25) is 0 Å². The molecule has 8 heteroatoms. The number of H-pyrrole nitrogens is 1. The fourth-order valence-corrected chi connectivity index (χ4v) is 5.13. The van der Waals surface area contributed by atoms with Crippen LogP contribution in [0.15, 0.2) is 42.6 Å². The van der Waals surface area contributed by atoms with Gasteiger partial charge in [-0.05, 0) is 30.2 Å². The number of fused-ring (bicyclic) bond motifs is 2. The highest BCUT2D eigenvalue weighted by molar-refractivity contribution is 5.96. The molecule has 3 aliphatic heterocycles. The molecule has 0 aliphatic carbocycles. The van der Waals surface area contributed by atoms with Gasteiger partial charge in [-0.1, -0.05) is 12.1 Å². The summed E-state index contributed by atoms with van der Waals surface area (Å²) in [5, 5.41) is 10.2. The number of aliphatic hydroxyl groups is 1. The van der Waals surface area contributed by atoms with Gasteiger partial charge in [0.2, 0.25) is 5.91 Å². The maximum absolute atomic E-state index is 13.1. The third kappa shape index (κ3) is 3.16. The number of amides is 2. The average Bonchev–Trinajstić information content (AvgIpc) is 3.48. The monoisotopic (exact) mass is 410 g/mol. The number of aromatic nitrogens is 1. The van der Waals surface area contributed by atoms with Gasteiger partial charge in [0.15, 0.2) is 0 Å². The number of para-hydroxylation sites is 2. The normalized spacial score (nSPS) is 25.7. The number of hydrogen-bond donors (Lipinski definition) is 2. The van der Waals surface area contributed by atoms with E-state index >= 15 is 0 Å². The number of likely N-dealkylation sites (tertiary alicyclic amines) is 2. The summed E-state index contributed by atoms with van der Waals surface area (Å²) in [5.41, 5.74) is 1.01. The molecule has 5 rings (SSSR count). The van der Waals surface area contributed by atoms with Gasteiger partial charge in [0, 0.05) is 37.8 Å². The van der Waals surface area contributed by atoms with E-state index in [4.69, 9.17) is 4.74 Å². The number of rotatable bonds is 4. The van der Waals surface area contributed by atoms with Crippen LogP contribution in [0.25, 0.3) is 0 Å². The topological polar surface area (TPSA) is 89.1 Å². The van der Waals surface area contributed by atoms with E-state index in [-0.39, 0.29) is 29.8 Å². The number of benzene rings is 1. The van der Waals surface area contributed by atoms with Crippen molar-refractivity contribution in [3.8, 4) is 5.75 Å². The molecule has 2 fully saturated rings. The maximum Gasteiger partial charge on any atom is 0.270 e. The second-order valence-electron chi connectivity index (χ2n) is 8.52. The lowest BCUT2D eigenvalue weighted by Crippen LogP contribution is -2.45. The van der Waals surface area contributed by atoms with Crippen LogP contribution < -0.4 is 9.64 Å². The van der Waals surface area contributed by atoms with Crippen LogP contribution in [0, 0.1) is 11.3 Å². The molecule has 1 aromatic heterocycles. The van der Waals surface area contributed by atoms with Gasteiger partial charge in [-0.3, -0.25) is 14.5 Å². The highest BCUT2D eigenvalue weighted by Gasteiger charge is 2.53. The molecule has 2 saturated heterocycles. The van der Waals surface area contributed by atoms with Crippen LogP contribution in [0.4, 0.5) is 5.69 Å². The lowest BCUT2D eigenvalue weighted by molar-refractivity contribution is -0.120.